The number of nitro benzene ring substituents is 1. The number of nitro groups is 1. The minimum absolute atomic E-state index is 0.165. The Morgan fingerprint density at radius 2 is 2.00 bits per heavy atom. The molecule has 116 valence electrons. The van der Waals surface area contributed by atoms with Crippen molar-refractivity contribution in [2.24, 2.45) is 0 Å². The predicted molar refractivity (Wildman–Crippen MR) is 83.0 cm³/mol. The Bertz CT molecular complexity index is 485. The average molecular weight is 293 g/mol. The van der Waals surface area contributed by atoms with E-state index in [-0.39, 0.29) is 10.6 Å². The standard InChI is InChI=1S/C15H23N3O3/c1-13-4-5-14(18(19)20)12-15(13)17-9-7-16(8-10-17)6-3-11-21-2/h4-5,12H,3,6-11H2,1-2H3. The molecule has 0 aliphatic carbocycles. The predicted octanol–water partition coefficient (Wildman–Crippen LogP) is 2.06. The molecule has 1 heterocycles. The second-order valence-corrected chi connectivity index (χ2v) is 5.40. The highest BCUT2D eigenvalue weighted by molar-refractivity contribution is 5.59. The Hall–Kier alpha value is -1.66. The first kappa shape index (κ1) is 15.7. The number of piperazine rings is 1. The van der Waals surface area contributed by atoms with Crippen LogP contribution in [0.25, 0.3) is 0 Å². The first-order valence-electron chi connectivity index (χ1n) is 7.33. The molecular formula is C15H23N3O3. The van der Waals surface area contributed by atoms with E-state index in [2.05, 4.69) is 9.80 Å². The number of methoxy groups -OCH3 is 1. The molecule has 0 aromatic heterocycles. The molecule has 1 aliphatic rings. The molecule has 0 atom stereocenters. The van der Waals surface area contributed by atoms with E-state index in [4.69, 9.17) is 4.74 Å². The van der Waals surface area contributed by atoms with Gasteiger partial charge in [0.15, 0.2) is 0 Å². The third kappa shape index (κ3) is 4.15. The van der Waals surface area contributed by atoms with Crippen molar-refractivity contribution in [3.63, 3.8) is 0 Å². The maximum Gasteiger partial charge on any atom is 0.271 e. The van der Waals surface area contributed by atoms with Crippen LogP contribution in [-0.2, 0) is 4.74 Å². The molecule has 0 amide bonds. The summed E-state index contributed by atoms with van der Waals surface area (Å²) in [6.45, 7) is 7.66. The van der Waals surface area contributed by atoms with Crippen LogP contribution in [0.2, 0.25) is 0 Å². The number of aryl methyl sites for hydroxylation is 1. The SMILES string of the molecule is COCCCN1CCN(c2cc([N+](=O)[O-])ccc2C)CC1. The fourth-order valence-corrected chi connectivity index (χ4v) is 2.70. The van der Waals surface area contributed by atoms with Gasteiger partial charge < -0.3 is 9.64 Å². The van der Waals surface area contributed by atoms with Gasteiger partial charge in [-0.25, -0.2) is 0 Å². The third-order valence-corrected chi connectivity index (χ3v) is 3.94. The molecule has 2 rings (SSSR count). The zero-order valence-corrected chi connectivity index (χ0v) is 12.7. The first-order chi connectivity index (χ1) is 10.1. The van der Waals surface area contributed by atoms with Gasteiger partial charge in [0.1, 0.15) is 0 Å². The summed E-state index contributed by atoms with van der Waals surface area (Å²) in [6, 6.07) is 5.09. The van der Waals surface area contributed by atoms with Crippen LogP contribution in [0.15, 0.2) is 18.2 Å². The molecule has 0 radical (unpaired) electrons. The minimum Gasteiger partial charge on any atom is -0.385 e. The maximum absolute atomic E-state index is 10.9. The van der Waals surface area contributed by atoms with Crippen molar-refractivity contribution in [2.45, 2.75) is 13.3 Å². The number of benzene rings is 1. The highest BCUT2D eigenvalue weighted by Crippen LogP contribution is 2.26. The van der Waals surface area contributed by atoms with Crippen LogP contribution in [0.4, 0.5) is 11.4 Å². The van der Waals surface area contributed by atoms with Gasteiger partial charge in [-0.05, 0) is 18.9 Å². The van der Waals surface area contributed by atoms with Crippen LogP contribution in [0.5, 0.6) is 0 Å². The Labute approximate surface area is 125 Å². The Morgan fingerprint density at radius 1 is 1.29 bits per heavy atom. The molecule has 1 aliphatic heterocycles. The number of rotatable bonds is 6. The van der Waals surface area contributed by atoms with Gasteiger partial charge >= 0.3 is 0 Å². The molecule has 1 fully saturated rings. The topological polar surface area (TPSA) is 58.8 Å². The van der Waals surface area contributed by atoms with Gasteiger partial charge in [0.05, 0.1) is 4.92 Å². The second kappa shape index (κ2) is 7.38. The molecular weight excluding hydrogens is 270 g/mol. The molecule has 1 aromatic carbocycles. The molecule has 6 heteroatoms. The molecule has 21 heavy (non-hydrogen) atoms. The normalized spacial score (nSPS) is 16.2. The maximum atomic E-state index is 10.9. The van der Waals surface area contributed by atoms with E-state index in [1.807, 2.05) is 13.0 Å². The van der Waals surface area contributed by atoms with Crippen LogP contribution in [-0.4, -0.2) is 56.3 Å². The van der Waals surface area contributed by atoms with Crippen LogP contribution in [0.1, 0.15) is 12.0 Å². The molecule has 0 bridgehead atoms. The number of hydrogen-bond donors (Lipinski definition) is 0. The zero-order valence-electron chi connectivity index (χ0n) is 12.7. The number of non-ortho nitro benzene ring substituents is 1. The van der Waals surface area contributed by atoms with Crippen LogP contribution in [0.3, 0.4) is 0 Å². The van der Waals surface area contributed by atoms with Gasteiger partial charge in [0.2, 0.25) is 0 Å². The molecule has 0 N–H and O–H groups in total. The van der Waals surface area contributed by atoms with Gasteiger partial charge in [0, 0.05) is 64.3 Å². The quantitative estimate of drug-likeness (QED) is 0.456. The van der Waals surface area contributed by atoms with E-state index in [1.165, 1.54) is 0 Å². The number of hydrogen-bond acceptors (Lipinski definition) is 5. The highest BCUT2D eigenvalue weighted by atomic mass is 16.6. The largest absolute Gasteiger partial charge is 0.385 e. The van der Waals surface area contributed by atoms with Gasteiger partial charge in [-0.1, -0.05) is 6.07 Å². The molecule has 1 saturated heterocycles. The Morgan fingerprint density at radius 3 is 2.62 bits per heavy atom. The number of nitrogens with zero attached hydrogens (tertiary/aromatic N) is 3. The van der Waals surface area contributed by atoms with E-state index in [0.717, 1.165) is 57.0 Å². The minimum atomic E-state index is -0.329. The first-order valence-corrected chi connectivity index (χ1v) is 7.33. The van der Waals surface area contributed by atoms with Crippen molar-refractivity contribution in [1.82, 2.24) is 4.90 Å². The van der Waals surface area contributed by atoms with E-state index in [1.54, 1.807) is 19.2 Å². The molecule has 0 unspecified atom stereocenters. The zero-order chi connectivity index (χ0) is 15.2. The van der Waals surface area contributed by atoms with Crippen LogP contribution >= 0.6 is 0 Å². The van der Waals surface area contributed by atoms with E-state index >= 15 is 0 Å². The Balaban J connectivity index is 1.95. The van der Waals surface area contributed by atoms with Crippen molar-refractivity contribution in [3.05, 3.63) is 33.9 Å². The summed E-state index contributed by atoms with van der Waals surface area (Å²) in [6.07, 6.45) is 1.05. The lowest BCUT2D eigenvalue weighted by molar-refractivity contribution is -0.384. The molecule has 0 spiro atoms. The molecule has 1 aromatic rings. The van der Waals surface area contributed by atoms with Gasteiger partial charge in [-0.3, -0.25) is 15.0 Å². The smallest absolute Gasteiger partial charge is 0.271 e. The van der Waals surface area contributed by atoms with Crippen molar-refractivity contribution in [3.8, 4) is 0 Å². The molecule has 0 saturated carbocycles. The monoisotopic (exact) mass is 293 g/mol. The lowest BCUT2D eigenvalue weighted by Gasteiger charge is -2.36. The summed E-state index contributed by atoms with van der Waals surface area (Å²) in [4.78, 5) is 15.2. The summed E-state index contributed by atoms with van der Waals surface area (Å²) in [5.74, 6) is 0. The number of anilines is 1. The van der Waals surface area contributed by atoms with Crippen molar-refractivity contribution in [1.29, 1.82) is 0 Å². The Kier molecular flexibility index (Phi) is 5.52. The summed E-state index contributed by atoms with van der Waals surface area (Å²) >= 11 is 0. The molecule has 6 nitrogen and oxygen atoms in total. The van der Waals surface area contributed by atoms with Gasteiger partial charge in [-0.15, -0.1) is 0 Å². The number of ether oxygens (including phenoxy) is 1. The van der Waals surface area contributed by atoms with E-state index in [9.17, 15) is 10.1 Å². The summed E-state index contributed by atoms with van der Waals surface area (Å²) < 4.78 is 5.07. The lowest BCUT2D eigenvalue weighted by Crippen LogP contribution is -2.47. The average Bonchev–Trinajstić information content (AvgIpc) is 2.48. The fourth-order valence-electron chi connectivity index (χ4n) is 2.70. The lowest BCUT2D eigenvalue weighted by atomic mass is 10.1. The van der Waals surface area contributed by atoms with Crippen molar-refractivity contribution < 1.29 is 9.66 Å². The summed E-state index contributed by atoms with van der Waals surface area (Å²) in [5, 5.41) is 10.9. The van der Waals surface area contributed by atoms with Crippen LogP contribution < -0.4 is 4.90 Å². The third-order valence-electron chi connectivity index (χ3n) is 3.94. The van der Waals surface area contributed by atoms with Crippen LogP contribution in [0, 0.1) is 17.0 Å². The van der Waals surface area contributed by atoms with Gasteiger partial charge in [-0.2, -0.15) is 0 Å². The fraction of sp³-hybridized carbons (Fsp3) is 0.600. The second-order valence-electron chi connectivity index (χ2n) is 5.40. The van der Waals surface area contributed by atoms with E-state index < -0.39 is 0 Å². The van der Waals surface area contributed by atoms with Gasteiger partial charge in [0.25, 0.3) is 5.69 Å². The van der Waals surface area contributed by atoms with E-state index in [0.29, 0.717) is 0 Å². The highest BCUT2D eigenvalue weighted by Gasteiger charge is 2.19. The summed E-state index contributed by atoms with van der Waals surface area (Å²) in [7, 11) is 1.73. The summed E-state index contributed by atoms with van der Waals surface area (Å²) in [5.41, 5.74) is 2.24. The van der Waals surface area contributed by atoms with Crippen molar-refractivity contribution in [2.75, 3.05) is 51.3 Å². The van der Waals surface area contributed by atoms with Crippen molar-refractivity contribution >= 4 is 11.4 Å².